The molecule has 0 aromatic carbocycles. The summed E-state index contributed by atoms with van der Waals surface area (Å²) < 4.78 is 5.11. The van der Waals surface area contributed by atoms with Crippen molar-refractivity contribution >= 4 is 5.82 Å². The molecule has 3 aliphatic carbocycles. The molecule has 4 heteroatoms. The molecule has 4 unspecified atom stereocenters. The first kappa shape index (κ1) is 9.68. The lowest BCUT2D eigenvalue weighted by molar-refractivity contribution is 0.397. The predicted octanol–water partition coefficient (Wildman–Crippen LogP) is 1.94. The molecule has 0 radical (unpaired) electrons. The van der Waals surface area contributed by atoms with Crippen LogP contribution in [0, 0.1) is 23.7 Å². The molecule has 2 bridgehead atoms. The van der Waals surface area contributed by atoms with Gasteiger partial charge in [0.25, 0.3) is 0 Å². The van der Waals surface area contributed by atoms with E-state index in [2.05, 4.69) is 15.3 Å². The normalized spacial score (nSPS) is 41.1. The fourth-order valence-electron chi connectivity index (χ4n) is 4.22. The molecule has 0 amide bonds. The maximum Gasteiger partial charge on any atom is 0.218 e. The summed E-state index contributed by atoms with van der Waals surface area (Å²) in [4.78, 5) is 8.29. The Hall–Kier alpha value is -1.32. The van der Waals surface area contributed by atoms with Crippen molar-refractivity contribution in [3.63, 3.8) is 0 Å². The van der Waals surface area contributed by atoms with Gasteiger partial charge >= 0.3 is 0 Å². The van der Waals surface area contributed by atoms with Crippen molar-refractivity contribution in [2.45, 2.75) is 25.3 Å². The second kappa shape index (κ2) is 3.34. The molecule has 3 aliphatic rings. The van der Waals surface area contributed by atoms with Crippen LogP contribution in [-0.2, 0) is 0 Å². The Morgan fingerprint density at radius 3 is 2.71 bits per heavy atom. The van der Waals surface area contributed by atoms with Crippen LogP contribution in [0.15, 0.2) is 12.4 Å². The van der Waals surface area contributed by atoms with Crippen molar-refractivity contribution in [2.24, 2.45) is 23.7 Å². The molecule has 1 aromatic rings. The first-order valence-electron chi connectivity index (χ1n) is 6.49. The first-order valence-corrected chi connectivity index (χ1v) is 6.49. The Kier molecular flexibility index (Phi) is 1.90. The monoisotopic (exact) mass is 231 g/mol. The number of hydrogen-bond acceptors (Lipinski definition) is 4. The van der Waals surface area contributed by atoms with Gasteiger partial charge in [0.15, 0.2) is 0 Å². The van der Waals surface area contributed by atoms with Gasteiger partial charge in [-0.05, 0) is 42.9 Å². The zero-order chi connectivity index (χ0) is 11.4. The Labute approximate surface area is 101 Å². The van der Waals surface area contributed by atoms with Crippen molar-refractivity contribution in [2.75, 3.05) is 12.4 Å². The number of nitrogens with one attached hydrogen (secondary N) is 1. The minimum absolute atomic E-state index is 0.635. The van der Waals surface area contributed by atoms with Crippen molar-refractivity contribution in [3.05, 3.63) is 12.4 Å². The smallest absolute Gasteiger partial charge is 0.218 e. The standard InChI is InChI=1S/C13H17N3O/c1-17-10-5-9(14-6-15-10)16-13-11-7-2-3-8(4-7)12(11)13/h5-8,11-13H,2-4H2,1H3,(H,14,15,16). The number of nitrogens with zero attached hydrogens (tertiary/aromatic N) is 2. The molecule has 4 nitrogen and oxygen atoms in total. The Balaban J connectivity index is 1.49. The second-order valence-electron chi connectivity index (χ2n) is 5.60. The van der Waals surface area contributed by atoms with Gasteiger partial charge in [-0.15, -0.1) is 0 Å². The van der Waals surface area contributed by atoms with Crippen LogP contribution in [0.5, 0.6) is 5.88 Å². The van der Waals surface area contributed by atoms with Crippen LogP contribution in [-0.4, -0.2) is 23.1 Å². The van der Waals surface area contributed by atoms with Gasteiger partial charge in [0, 0.05) is 12.1 Å². The van der Waals surface area contributed by atoms with Crippen molar-refractivity contribution in [1.29, 1.82) is 0 Å². The molecule has 17 heavy (non-hydrogen) atoms. The summed E-state index contributed by atoms with van der Waals surface area (Å²) in [5.41, 5.74) is 0. The number of methoxy groups -OCH3 is 1. The van der Waals surface area contributed by atoms with Crippen molar-refractivity contribution in [3.8, 4) is 5.88 Å². The molecule has 90 valence electrons. The topological polar surface area (TPSA) is 47.0 Å². The highest BCUT2D eigenvalue weighted by atomic mass is 16.5. The third kappa shape index (κ3) is 1.36. The van der Waals surface area contributed by atoms with Crippen molar-refractivity contribution < 1.29 is 4.74 Å². The summed E-state index contributed by atoms with van der Waals surface area (Å²) in [6.07, 6.45) is 5.96. The van der Waals surface area contributed by atoms with Crippen molar-refractivity contribution in [1.82, 2.24) is 9.97 Å². The Morgan fingerprint density at radius 2 is 2.00 bits per heavy atom. The van der Waals surface area contributed by atoms with E-state index in [0.29, 0.717) is 11.9 Å². The van der Waals surface area contributed by atoms with E-state index in [9.17, 15) is 0 Å². The van der Waals surface area contributed by atoms with E-state index in [0.717, 1.165) is 29.5 Å². The van der Waals surface area contributed by atoms with Crippen LogP contribution in [0.25, 0.3) is 0 Å². The van der Waals surface area contributed by atoms with E-state index in [-0.39, 0.29) is 0 Å². The average Bonchev–Trinajstić information content (AvgIpc) is 2.76. The zero-order valence-electron chi connectivity index (χ0n) is 9.97. The van der Waals surface area contributed by atoms with E-state index in [4.69, 9.17) is 4.74 Å². The molecule has 4 atom stereocenters. The fraction of sp³-hybridized carbons (Fsp3) is 0.692. The van der Waals surface area contributed by atoms with Crippen LogP contribution in [0.1, 0.15) is 19.3 Å². The summed E-state index contributed by atoms with van der Waals surface area (Å²) in [5.74, 6) is 5.38. The van der Waals surface area contributed by atoms with E-state index in [1.54, 1.807) is 13.4 Å². The molecular weight excluding hydrogens is 214 g/mol. The van der Waals surface area contributed by atoms with Gasteiger partial charge in [0.2, 0.25) is 5.88 Å². The Bertz CT molecular complexity index is 434. The largest absolute Gasteiger partial charge is 0.481 e. The highest BCUT2D eigenvalue weighted by Gasteiger charge is 2.65. The maximum atomic E-state index is 5.11. The minimum Gasteiger partial charge on any atom is -0.481 e. The average molecular weight is 231 g/mol. The molecule has 3 fully saturated rings. The van der Waals surface area contributed by atoms with Gasteiger partial charge in [-0.2, -0.15) is 0 Å². The summed E-state index contributed by atoms with van der Waals surface area (Å²) in [7, 11) is 1.64. The van der Waals surface area contributed by atoms with Crippen LogP contribution in [0.4, 0.5) is 5.82 Å². The lowest BCUT2D eigenvalue weighted by Gasteiger charge is -2.11. The van der Waals surface area contributed by atoms with Gasteiger partial charge in [-0.25, -0.2) is 9.97 Å². The SMILES string of the molecule is COc1cc(NC2C3C4CCC(C4)C23)ncn1. The minimum atomic E-state index is 0.635. The number of ether oxygens (including phenoxy) is 1. The summed E-state index contributed by atoms with van der Waals surface area (Å²) in [6.45, 7) is 0. The number of aromatic nitrogens is 2. The summed E-state index contributed by atoms with van der Waals surface area (Å²) in [6, 6.07) is 2.55. The van der Waals surface area contributed by atoms with E-state index >= 15 is 0 Å². The molecule has 0 saturated heterocycles. The molecule has 0 aliphatic heterocycles. The van der Waals surface area contributed by atoms with E-state index < -0.39 is 0 Å². The molecular formula is C13H17N3O. The molecule has 1 N–H and O–H groups in total. The quantitative estimate of drug-likeness (QED) is 0.863. The predicted molar refractivity (Wildman–Crippen MR) is 63.8 cm³/mol. The molecule has 1 heterocycles. The van der Waals surface area contributed by atoms with Crippen LogP contribution in [0.2, 0.25) is 0 Å². The summed E-state index contributed by atoms with van der Waals surface area (Å²) >= 11 is 0. The van der Waals surface area contributed by atoms with E-state index in [1.807, 2.05) is 6.07 Å². The number of hydrogen-bond donors (Lipinski definition) is 1. The van der Waals surface area contributed by atoms with Crippen LogP contribution >= 0.6 is 0 Å². The van der Waals surface area contributed by atoms with Gasteiger partial charge in [-0.1, -0.05) is 0 Å². The van der Waals surface area contributed by atoms with Gasteiger partial charge in [0.05, 0.1) is 7.11 Å². The fourth-order valence-corrected chi connectivity index (χ4v) is 4.22. The van der Waals surface area contributed by atoms with Gasteiger partial charge in [0.1, 0.15) is 12.1 Å². The number of anilines is 1. The Morgan fingerprint density at radius 1 is 1.24 bits per heavy atom. The highest BCUT2D eigenvalue weighted by Crippen LogP contribution is 2.66. The third-order valence-electron chi connectivity index (χ3n) is 4.90. The second-order valence-corrected chi connectivity index (χ2v) is 5.60. The number of fused-ring (bicyclic) bond motifs is 5. The first-order chi connectivity index (χ1) is 8.36. The lowest BCUT2D eigenvalue weighted by atomic mass is 10.0. The van der Waals surface area contributed by atoms with Gasteiger partial charge in [-0.3, -0.25) is 0 Å². The maximum absolute atomic E-state index is 5.11. The molecule has 4 rings (SSSR count). The lowest BCUT2D eigenvalue weighted by Crippen LogP contribution is -2.13. The van der Waals surface area contributed by atoms with E-state index in [1.165, 1.54) is 19.3 Å². The highest BCUT2D eigenvalue weighted by molar-refractivity contribution is 5.42. The van der Waals surface area contributed by atoms with Crippen LogP contribution in [0.3, 0.4) is 0 Å². The molecule has 0 spiro atoms. The summed E-state index contributed by atoms with van der Waals surface area (Å²) in [5, 5.41) is 3.56. The third-order valence-corrected chi connectivity index (χ3v) is 4.90. The number of rotatable bonds is 3. The molecule has 3 saturated carbocycles. The van der Waals surface area contributed by atoms with Gasteiger partial charge < -0.3 is 10.1 Å². The zero-order valence-corrected chi connectivity index (χ0v) is 9.97. The van der Waals surface area contributed by atoms with Crippen LogP contribution < -0.4 is 10.1 Å². The molecule has 1 aromatic heterocycles.